The standard InChI is InChI=1S/C20H22INO2/c1-2-24-18-11-9-17(10-12-18)22-19(23)20(13-3-4-14-20)15-5-7-16(21)8-6-15/h5-12H,2-4,13-14H2,1H3,(H,22,23). The number of ether oxygens (including phenoxy) is 1. The van der Waals surface area contributed by atoms with Crippen molar-refractivity contribution in [3.8, 4) is 5.75 Å². The smallest absolute Gasteiger partial charge is 0.235 e. The van der Waals surface area contributed by atoms with Gasteiger partial charge in [-0.05, 0) is 84.3 Å². The van der Waals surface area contributed by atoms with E-state index in [-0.39, 0.29) is 5.91 Å². The van der Waals surface area contributed by atoms with Crippen LogP contribution in [0.15, 0.2) is 48.5 Å². The van der Waals surface area contributed by atoms with Crippen molar-refractivity contribution in [2.75, 3.05) is 11.9 Å². The largest absolute Gasteiger partial charge is 0.494 e. The number of benzene rings is 2. The van der Waals surface area contributed by atoms with Gasteiger partial charge in [-0.1, -0.05) is 25.0 Å². The van der Waals surface area contributed by atoms with Crippen LogP contribution in [-0.4, -0.2) is 12.5 Å². The van der Waals surface area contributed by atoms with Crippen LogP contribution in [0.4, 0.5) is 5.69 Å². The Kier molecular flexibility index (Phi) is 5.43. The third-order valence-electron chi connectivity index (χ3n) is 4.71. The van der Waals surface area contributed by atoms with E-state index in [2.05, 4.69) is 52.2 Å². The predicted molar refractivity (Wildman–Crippen MR) is 106 cm³/mol. The van der Waals surface area contributed by atoms with Gasteiger partial charge in [0, 0.05) is 9.26 Å². The highest BCUT2D eigenvalue weighted by Gasteiger charge is 2.42. The van der Waals surface area contributed by atoms with Crippen LogP contribution >= 0.6 is 22.6 Å². The summed E-state index contributed by atoms with van der Waals surface area (Å²) in [5.74, 6) is 0.925. The average Bonchev–Trinajstić information content (AvgIpc) is 3.08. The van der Waals surface area contributed by atoms with Gasteiger partial charge in [0.15, 0.2) is 0 Å². The van der Waals surface area contributed by atoms with Crippen LogP contribution in [0.2, 0.25) is 0 Å². The predicted octanol–water partition coefficient (Wildman–Crippen LogP) is 5.14. The maximum absolute atomic E-state index is 13.1. The number of hydrogen-bond acceptors (Lipinski definition) is 2. The summed E-state index contributed by atoms with van der Waals surface area (Å²) in [7, 11) is 0. The molecule has 1 fully saturated rings. The van der Waals surface area contributed by atoms with Crippen molar-refractivity contribution in [1.82, 2.24) is 0 Å². The lowest BCUT2D eigenvalue weighted by atomic mass is 9.78. The average molecular weight is 435 g/mol. The Morgan fingerprint density at radius 3 is 2.29 bits per heavy atom. The molecule has 2 aromatic carbocycles. The molecule has 1 amide bonds. The molecule has 0 saturated heterocycles. The summed E-state index contributed by atoms with van der Waals surface area (Å²) in [4.78, 5) is 13.1. The van der Waals surface area contributed by atoms with Crippen molar-refractivity contribution >= 4 is 34.2 Å². The van der Waals surface area contributed by atoms with E-state index in [9.17, 15) is 4.79 Å². The summed E-state index contributed by atoms with van der Waals surface area (Å²) >= 11 is 2.30. The molecule has 1 N–H and O–H groups in total. The van der Waals surface area contributed by atoms with E-state index in [4.69, 9.17) is 4.74 Å². The molecular weight excluding hydrogens is 413 g/mol. The lowest BCUT2D eigenvalue weighted by Crippen LogP contribution is -2.38. The zero-order valence-corrected chi connectivity index (χ0v) is 16.0. The van der Waals surface area contributed by atoms with E-state index in [0.29, 0.717) is 6.61 Å². The Balaban J connectivity index is 1.81. The second-order valence-corrected chi connectivity index (χ2v) is 7.45. The van der Waals surface area contributed by atoms with Crippen LogP contribution in [0.25, 0.3) is 0 Å². The molecule has 0 heterocycles. The van der Waals surface area contributed by atoms with Crippen molar-refractivity contribution in [2.24, 2.45) is 0 Å². The molecule has 24 heavy (non-hydrogen) atoms. The zero-order valence-electron chi connectivity index (χ0n) is 13.8. The Hall–Kier alpha value is -1.56. The minimum absolute atomic E-state index is 0.102. The van der Waals surface area contributed by atoms with Gasteiger partial charge >= 0.3 is 0 Å². The third kappa shape index (κ3) is 3.58. The Morgan fingerprint density at radius 2 is 1.71 bits per heavy atom. The number of hydrogen-bond donors (Lipinski definition) is 1. The van der Waals surface area contributed by atoms with Crippen molar-refractivity contribution in [3.63, 3.8) is 0 Å². The fraction of sp³-hybridized carbons (Fsp3) is 0.350. The number of halogens is 1. The summed E-state index contributed by atoms with van der Waals surface area (Å²) in [5.41, 5.74) is 1.55. The zero-order chi connectivity index (χ0) is 17.0. The Morgan fingerprint density at radius 1 is 1.08 bits per heavy atom. The molecule has 1 aliphatic rings. The number of amides is 1. The lowest BCUT2D eigenvalue weighted by molar-refractivity contribution is -0.121. The molecule has 0 atom stereocenters. The first-order valence-electron chi connectivity index (χ1n) is 8.44. The normalized spacial score (nSPS) is 15.9. The molecule has 0 bridgehead atoms. The molecule has 2 aromatic rings. The van der Waals surface area contributed by atoms with Gasteiger partial charge in [-0.2, -0.15) is 0 Å². The number of carbonyl (C=O) groups is 1. The topological polar surface area (TPSA) is 38.3 Å². The van der Waals surface area contributed by atoms with Crippen LogP contribution in [0, 0.1) is 3.57 Å². The molecule has 1 saturated carbocycles. The van der Waals surface area contributed by atoms with Crippen LogP contribution in [0.5, 0.6) is 5.75 Å². The first-order valence-corrected chi connectivity index (χ1v) is 9.52. The van der Waals surface area contributed by atoms with Crippen molar-refractivity contribution < 1.29 is 9.53 Å². The van der Waals surface area contributed by atoms with Gasteiger partial charge in [0.05, 0.1) is 12.0 Å². The molecule has 0 unspecified atom stereocenters. The summed E-state index contributed by atoms with van der Waals surface area (Å²) in [5, 5.41) is 3.11. The summed E-state index contributed by atoms with van der Waals surface area (Å²) in [6.07, 6.45) is 4.03. The molecule has 3 rings (SSSR count). The van der Waals surface area contributed by atoms with Gasteiger partial charge in [-0.25, -0.2) is 0 Å². The first-order chi connectivity index (χ1) is 11.6. The maximum atomic E-state index is 13.1. The van der Waals surface area contributed by atoms with E-state index in [1.807, 2.05) is 31.2 Å². The Labute approximate surface area is 156 Å². The molecule has 0 aromatic heterocycles. The molecule has 3 nitrogen and oxygen atoms in total. The fourth-order valence-corrected chi connectivity index (χ4v) is 3.81. The van der Waals surface area contributed by atoms with E-state index in [1.165, 1.54) is 3.57 Å². The highest BCUT2D eigenvalue weighted by molar-refractivity contribution is 14.1. The van der Waals surface area contributed by atoms with E-state index >= 15 is 0 Å². The highest BCUT2D eigenvalue weighted by atomic mass is 127. The van der Waals surface area contributed by atoms with E-state index in [1.54, 1.807) is 0 Å². The van der Waals surface area contributed by atoms with Crippen molar-refractivity contribution in [1.29, 1.82) is 0 Å². The lowest BCUT2D eigenvalue weighted by Gasteiger charge is -2.28. The fourth-order valence-electron chi connectivity index (χ4n) is 3.45. The molecule has 126 valence electrons. The number of nitrogens with one attached hydrogen (secondary N) is 1. The summed E-state index contributed by atoms with van der Waals surface area (Å²) in [6, 6.07) is 16.0. The number of carbonyl (C=O) groups excluding carboxylic acids is 1. The molecule has 0 spiro atoms. The van der Waals surface area contributed by atoms with Crippen molar-refractivity contribution in [2.45, 2.75) is 38.0 Å². The van der Waals surface area contributed by atoms with Crippen LogP contribution < -0.4 is 10.1 Å². The van der Waals surface area contributed by atoms with Crippen molar-refractivity contribution in [3.05, 3.63) is 57.7 Å². The quantitative estimate of drug-likeness (QED) is 0.661. The minimum atomic E-state index is -0.400. The van der Waals surface area contributed by atoms with Crippen LogP contribution in [0.1, 0.15) is 38.2 Å². The maximum Gasteiger partial charge on any atom is 0.235 e. The molecule has 0 radical (unpaired) electrons. The third-order valence-corrected chi connectivity index (χ3v) is 5.43. The number of anilines is 1. The minimum Gasteiger partial charge on any atom is -0.494 e. The molecule has 1 aliphatic carbocycles. The summed E-state index contributed by atoms with van der Waals surface area (Å²) in [6.45, 7) is 2.60. The second kappa shape index (κ2) is 7.55. The number of rotatable bonds is 5. The second-order valence-electron chi connectivity index (χ2n) is 6.21. The van der Waals surface area contributed by atoms with E-state index < -0.39 is 5.41 Å². The first kappa shape index (κ1) is 17.3. The molecule has 0 aliphatic heterocycles. The SMILES string of the molecule is CCOc1ccc(NC(=O)C2(c3ccc(I)cc3)CCCC2)cc1. The van der Waals surface area contributed by atoms with Gasteiger partial charge in [-0.15, -0.1) is 0 Å². The molecular formula is C20H22INO2. The highest BCUT2D eigenvalue weighted by Crippen LogP contribution is 2.42. The summed E-state index contributed by atoms with van der Waals surface area (Å²) < 4.78 is 6.64. The van der Waals surface area contributed by atoms with Gasteiger partial charge in [0.1, 0.15) is 5.75 Å². The monoisotopic (exact) mass is 435 g/mol. The van der Waals surface area contributed by atoms with Crippen LogP contribution in [-0.2, 0) is 10.2 Å². The Bertz CT molecular complexity index is 689. The molecule has 4 heteroatoms. The van der Waals surface area contributed by atoms with E-state index in [0.717, 1.165) is 42.7 Å². The van der Waals surface area contributed by atoms with Gasteiger partial charge in [0.25, 0.3) is 0 Å². The van der Waals surface area contributed by atoms with Gasteiger partial charge < -0.3 is 10.1 Å². The van der Waals surface area contributed by atoms with Crippen LogP contribution in [0.3, 0.4) is 0 Å². The van der Waals surface area contributed by atoms with Gasteiger partial charge in [0.2, 0.25) is 5.91 Å². The van der Waals surface area contributed by atoms with Gasteiger partial charge in [-0.3, -0.25) is 4.79 Å².